The molecular formula is C37H40BrN3O4S. The van der Waals surface area contributed by atoms with Crippen molar-refractivity contribution in [3.8, 4) is 0 Å². The van der Waals surface area contributed by atoms with Crippen LogP contribution in [0.15, 0.2) is 119 Å². The minimum Gasteiger partial charge on any atom is -0.352 e. The van der Waals surface area contributed by atoms with Crippen molar-refractivity contribution in [2.75, 3.05) is 10.8 Å². The molecule has 0 bridgehead atoms. The number of carbonyl (C=O) groups excluding carboxylic acids is 2. The lowest BCUT2D eigenvalue weighted by molar-refractivity contribution is -0.140. The van der Waals surface area contributed by atoms with Crippen LogP contribution in [-0.2, 0) is 32.6 Å². The van der Waals surface area contributed by atoms with E-state index in [1.54, 1.807) is 53.4 Å². The number of aryl methyl sites for hydroxylation is 1. The molecule has 4 aromatic carbocycles. The van der Waals surface area contributed by atoms with Crippen LogP contribution in [0, 0.1) is 6.92 Å². The molecule has 1 saturated carbocycles. The summed E-state index contributed by atoms with van der Waals surface area (Å²) >= 11 is 3.43. The van der Waals surface area contributed by atoms with E-state index in [1.165, 1.54) is 0 Å². The molecule has 9 heteroatoms. The highest BCUT2D eigenvalue weighted by atomic mass is 79.9. The molecule has 0 aromatic heterocycles. The van der Waals surface area contributed by atoms with Crippen molar-refractivity contribution in [3.63, 3.8) is 0 Å². The topological polar surface area (TPSA) is 86.8 Å². The Morgan fingerprint density at radius 2 is 1.39 bits per heavy atom. The number of hydrogen-bond acceptors (Lipinski definition) is 4. The van der Waals surface area contributed by atoms with E-state index in [0.29, 0.717) is 12.1 Å². The highest BCUT2D eigenvalue weighted by Crippen LogP contribution is 2.27. The van der Waals surface area contributed by atoms with Gasteiger partial charge in [0.1, 0.15) is 12.6 Å². The van der Waals surface area contributed by atoms with Crippen molar-refractivity contribution in [2.45, 2.75) is 69.0 Å². The first-order valence-electron chi connectivity index (χ1n) is 15.7. The van der Waals surface area contributed by atoms with E-state index < -0.39 is 28.5 Å². The maximum atomic E-state index is 14.6. The summed E-state index contributed by atoms with van der Waals surface area (Å²) in [5, 5.41) is 3.24. The predicted molar refractivity (Wildman–Crippen MR) is 186 cm³/mol. The monoisotopic (exact) mass is 701 g/mol. The standard InChI is InChI=1S/C37H40BrN3O4S/c1-28-17-23-34(24-18-28)46(44,45)41(33-21-19-31(38)20-22-33)27-36(42)40(26-30-13-7-3-8-14-30)35(25-29-11-5-2-6-12-29)37(43)39-32-15-9-4-10-16-32/h2-3,5-8,11-14,17-24,32,35H,4,9-10,15-16,25-27H2,1H3,(H,39,43)/t35-/m0/s1. The Labute approximate surface area is 280 Å². The minimum atomic E-state index is -4.14. The van der Waals surface area contributed by atoms with Crippen molar-refractivity contribution in [3.05, 3.63) is 130 Å². The second-order valence-corrected chi connectivity index (χ2v) is 14.6. The fourth-order valence-electron chi connectivity index (χ4n) is 5.85. The highest BCUT2D eigenvalue weighted by Gasteiger charge is 2.35. The molecule has 1 atom stereocenters. The van der Waals surface area contributed by atoms with Gasteiger partial charge in [0.05, 0.1) is 10.6 Å². The summed E-state index contributed by atoms with van der Waals surface area (Å²) in [5.74, 6) is -0.696. The second kappa shape index (κ2) is 15.6. The maximum Gasteiger partial charge on any atom is 0.264 e. The molecule has 240 valence electrons. The molecule has 2 amide bonds. The van der Waals surface area contributed by atoms with Gasteiger partial charge >= 0.3 is 0 Å². The van der Waals surface area contributed by atoms with E-state index in [-0.39, 0.29) is 23.4 Å². The number of rotatable bonds is 12. The summed E-state index contributed by atoms with van der Waals surface area (Å²) in [6, 6.07) is 31.7. The van der Waals surface area contributed by atoms with Gasteiger partial charge in [-0.1, -0.05) is 114 Å². The van der Waals surface area contributed by atoms with Gasteiger partial charge in [-0.3, -0.25) is 13.9 Å². The smallest absolute Gasteiger partial charge is 0.264 e. The van der Waals surface area contributed by atoms with E-state index in [0.717, 1.165) is 57.6 Å². The number of halogens is 1. The SMILES string of the molecule is Cc1ccc(S(=O)(=O)N(CC(=O)N(Cc2ccccc2)[C@@H](Cc2ccccc2)C(=O)NC2CCCCC2)c2ccc(Br)cc2)cc1. The van der Waals surface area contributed by atoms with Crippen molar-refractivity contribution in [1.82, 2.24) is 10.2 Å². The number of hydrogen-bond donors (Lipinski definition) is 1. The Bertz CT molecular complexity index is 1690. The minimum absolute atomic E-state index is 0.0504. The number of nitrogens with zero attached hydrogens (tertiary/aromatic N) is 2. The van der Waals surface area contributed by atoms with Gasteiger partial charge in [-0.25, -0.2) is 8.42 Å². The van der Waals surface area contributed by atoms with Crippen LogP contribution >= 0.6 is 15.9 Å². The third-order valence-corrected chi connectivity index (χ3v) is 10.7. The summed E-state index contributed by atoms with van der Waals surface area (Å²) in [5.41, 5.74) is 3.03. The number of sulfonamides is 1. The Hall–Kier alpha value is -3.95. The zero-order chi connectivity index (χ0) is 32.5. The predicted octanol–water partition coefficient (Wildman–Crippen LogP) is 7.04. The molecule has 46 heavy (non-hydrogen) atoms. The summed E-state index contributed by atoms with van der Waals surface area (Å²) in [6.45, 7) is 1.56. The van der Waals surface area contributed by atoms with E-state index in [1.807, 2.05) is 67.6 Å². The van der Waals surface area contributed by atoms with Crippen molar-refractivity contribution >= 4 is 43.5 Å². The highest BCUT2D eigenvalue weighted by molar-refractivity contribution is 9.10. The van der Waals surface area contributed by atoms with Crippen LogP contribution in [-0.4, -0.2) is 43.8 Å². The Morgan fingerprint density at radius 3 is 2.00 bits per heavy atom. The molecule has 1 N–H and O–H groups in total. The fourth-order valence-corrected chi connectivity index (χ4v) is 7.53. The molecule has 0 aliphatic heterocycles. The van der Waals surface area contributed by atoms with E-state index in [4.69, 9.17) is 0 Å². The Morgan fingerprint density at radius 1 is 0.804 bits per heavy atom. The van der Waals surface area contributed by atoms with Crippen molar-refractivity contribution < 1.29 is 18.0 Å². The zero-order valence-corrected chi connectivity index (χ0v) is 28.4. The average molecular weight is 703 g/mol. The van der Waals surface area contributed by atoms with Gasteiger partial charge in [0.25, 0.3) is 10.0 Å². The first-order valence-corrected chi connectivity index (χ1v) is 18.0. The molecule has 1 aliphatic rings. The molecule has 5 rings (SSSR count). The van der Waals surface area contributed by atoms with E-state index >= 15 is 0 Å². The van der Waals surface area contributed by atoms with Crippen LogP contribution in [0.3, 0.4) is 0 Å². The summed E-state index contributed by atoms with van der Waals surface area (Å²) in [7, 11) is -4.14. The van der Waals surface area contributed by atoms with Crippen molar-refractivity contribution in [1.29, 1.82) is 0 Å². The lowest BCUT2D eigenvalue weighted by Gasteiger charge is -2.35. The molecule has 1 aliphatic carbocycles. The van der Waals surface area contributed by atoms with Gasteiger partial charge in [0.2, 0.25) is 11.8 Å². The second-order valence-electron chi connectivity index (χ2n) is 11.9. The molecule has 7 nitrogen and oxygen atoms in total. The molecule has 0 unspecified atom stereocenters. The third kappa shape index (κ3) is 8.65. The molecular weight excluding hydrogens is 662 g/mol. The molecule has 4 aromatic rings. The molecule has 0 saturated heterocycles. The Balaban J connectivity index is 1.54. The number of benzene rings is 4. The fraction of sp³-hybridized carbons (Fsp3) is 0.297. The summed E-state index contributed by atoms with van der Waals surface area (Å²) in [6.07, 6.45) is 5.37. The van der Waals surface area contributed by atoms with Crippen LogP contribution in [0.25, 0.3) is 0 Å². The van der Waals surface area contributed by atoms with Gasteiger partial charge in [0.15, 0.2) is 0 Å². The van der Waals surface area contributed by atoms with Crippen LogP contribution in [0.4, 0.5) is 5.69 Å². The molecule has 1 fully saturated rings. The average Bonchev–Trinajstić information content (AvgIpc) is 3.07. The largest absolute Gasteiger partial charge is 0.352 e. The van der Waals surface area contributed by atoms with E-state index in [9.17, 15) is 18.0 Å². The zero-order valence-electron chi connectivity index (χ0n) is 26.0. The number of amides is 2. The third-order valence-electron chi connectivity index (χ3n) is 8.42. The quantitative estimate of drug-likeness (QED) is 0.172. The number of nitrogens with one attached hydrogen (secondary N) is 1. The molecule has 0 radical (unpaired) electrons. The normalized spacial score (nSPS) is 14.3. The lowest BCUT2D eigenvalue weighted by atomic mass is 9.94. The van der Waals surface area contributed by atoms with Gasteiger partial charge < -0.3 is 10.2 Å². The van der Waals surface area contributed by atoms with Gasteiger partial charge in [-0.15, -0.1) is 0 Å². The van der Waals surface area contributed by atoms with E-state index in [2.05, 4.69) is 21.2 Å². The first kappa shape index (κ1) is 33.4. The van der Waals surface area contributed by atoms with Crippen molar-refractivity contribution in [2.24, 2.45) is 0 Å². The lowest BCUT2D eigenvalue weighted by Crippen LogP contribution is -2.55. The van der Waals surface area contributed by atoms with Crippen LogP contribution in [0.5, 0.6) is 0 Å². The number of carbonyl (C=O) groups is 2. The molecule has 0 heterocycles. The summed E-state index contributed by atoms with van der Waals surface area (Å²) in [4.78, 5) is 30.4. The molecule has 0 spiro atoms. The Kier molecular flexibility index (Phi) is 11.3. The van der Waals surface area contributed by atoms with Gasteiger partial charge in [0, 0.05) is 23.5 Å². The van der Waals surface area contributed by atoms with Crippen LogP contribution < -0.4 is 9.62 Å². The first-order chi connectivity index (χ1) is 22.2. The van der Waals surface area contributed by atoms with Crippen LogP contribution in [0.2, 0.25) is 0 Å². The summed E-state index contributed by atoms with van der Waals surface area (Å²) < 4.78 is 30.3. The number of anilines is 1. The maximum absolute atomic E-state index is 14.6. The van der Waals surface area contributed by atoms with Crippen LogP contribution in [0.1, 0.15) is 48.8 Å². The van der Waals surface area contributed by atoms with Gasteiger partial charge in [-0.05, 0) is 67.3 Å². The van der Waals surface area contributed by atoms with Gasteiger partial charge in [-0.2, -0.15) is 0 Å².